The average Bonchev–Trinajstić information content (AvgIpc) is 3.10. The molecule has 88 valence electrons. The first-order valence-corrected chi connectivity index (χ1v) is 6.89. The van der Waals surface area contributed by atoms with E-state index in [0.29, 0.717) is 23.9 Å². The van der Waals surface area contributed by atoms with E-state index in [0.717, 1.165) is 18.4 Å². The highest BCUT2D eigenvalue weighted by atomic mass is 32.2. The summed E-state index contributed by atoms with van der Waals surface area (Å²) in [5.41, 5.74) is 6.31. The van der Waals surface area contributed by atoms with E-state index in [9.17, 15) is 8.42 Å². The number of hydrogen-bond acceptors (Lipinski definition) is 3. The molecule has 0 saturated heterocycles. The third-order valence-corrected chi connectivity index (χ3v) is 4.12. The van der Waals surface area contributed by atoms with Crippen LogP contribution in [0, 0.1) is 5.92 Å². The lowest BCUT2D eigenvalue weighted by atomic mass is 10.2. The summed E-state index contributed by atoms with van der Waals surface area (Å²) in [4.78, 5) is 0.302. The van der Waals surface area contributed by atoms with Crippen LogP contribution in [0.2, 0.25) is 0 Å². The molecule has 0 atom stereocenters. The van der Waals surface area contributed by atoms with Crippen molar-refractivity contribution in [3.63, 3.8) is 0 Å². The first-order valence-electron chi connectivity index (χ1n) is 5.40. The minimum atomic E-state index is -3.35. The molecule has 3 N–H and O–H groups in total. The molecule has 0 heterocycles. The SMILES string of the molecule is NCc1cccc(S(=O)(=O)NCC2CC2)c1. The number of nitrogens with one attached hydrogen (secondary N) is 1. The summed E-state index contributed by atoms with van der Waals surface area (Å²) in [5, 5.41) is 0. The minimum absolute atomic E-state index is 0.302. The average molecular weight is 240 g/mol. The molecule has 5 heteroatoms. The highest BCUT2D eigenvalue weighted by Crippen LogP contribution is 2.28. The normalized spacial score (nSPS) is 16.3. The van der Waals surface area contributed by atoms with Gasteiger partial charge in [-0.2, -0.15) is 0 Å². The summed E-state index contributed by atoms with van der Waals surface area (Å²) in [5.74, 6) is 0.535. The molecule has 0 amide bonds. The number of hydrogen-bond donors (Lipinski definition) is 2. The fourth-order valence-electron chi connectivity index (χ4n) is 1.47. The Morgan fingerprint density at radius 1 is 1.38 bits per heavy atom. The van der Waals surface area contributed by atoms with Crippen molar-refractivity contribution in [2.75, 3.05) is 6.54 Å². The van der Waals surface area contributed by atoms with Gasteiger partial charge in [-0.25, -0.2) is 13.1 Å². The maximum absolute atomic E-state index is 11.9. The van der Waals surface area contributed by atoms with Gasteiger partial charge in [-0.05, 0) is 36.5 Å². The molecule has 0 bridgehead atoms. The fourth-order valence-corrected chi connectivity index (χ4v) is 2.66. The van der Waals surface area contributed by atoms with Crippen molar-refractivity contribution < 1.29 is 8.42 Å². The second-order valence-electron chi connectivity index (χ2n) is 4.15. The van der Waals surface area contributed by atoms with Gasteiger partial charge < -0.3 is 5.73 Å². The fraction of sp³-hybridized carbons (Fsp3) is 0.455. The number of sulfonamides is 1. The number of rotatable bonds is 5. The summed E-state index contributed by atoms with van der Waals surface area (Å²) < 4.78 is 26.4. The van der Waals surface area contributed by atoms with Gasteiger partial charge in [0.25, 0.3) is 0 Å². The molecule has 1 aromatic rings. The summed E-state index contributed by atoms with van der Waals surface area (Å²) in [6.07, 6.45) is 2.26. The Morgan fingerprint density at radius 2 is 2.12 bits per heavy atom. The molecule has 1 fully saturated rings. The van der Waals surface area contributed by atoms with E-state index in [1.54, 1.807) is 18.2 Å². The van der Waals surface area contributed by atoms with Crippen LogP contribution in [0.15, 0.2) is 29.2 Å². The largest absolute Gasteiger partial charge is 0.326 e. The first-order chi connectivity index (χ1) is 7.62. The Hall–Kier alpha value is -0.910. The zero-order chi connectivity index (χ0) is 11.6. The molecule has 0 unspecified atom stereocenters. The summed E-state index contributed by atoms with van der Waals surface area (Å²) >= 11 is 0. The third-order valence-electron chi connectivity index (χ3n) is 2.70. The van der Waals surface area contributed by atoms with Crippen LogP contribution in [0.1, 0.15) is 18.4 Å². The minimum Gasteiger partial charge on any atom is -0.326 e. The van der Waals surface area contributed by atoms with E-state index < -0.39 is 10.0 Å². The standard InChI is InChI=1S/C11H16N2O2S/c12-7-10-2-1-3-11(6-10)16(14,15)13-8-9-4-5-9/h1-3,6,9,13H,4-5,7-8,12H2. The van der Waals surface area contributed by atoms with Crippen molar-refractivity contribution >= 4 is 10.0 Å². The molecule has 1 aromatic carbocycles. The Bertz CT molecular complexity index is 467. The second kappa shape index (κ2) is 4.53. The lowest BCUT2D eigenvalue weighted by Crippen LogP contribution is -2.25. The van der Waals surface area contributed by atoms with Crippen molar-refractivity contribution in [2.24, 2.45) is 11.7 Å². The van der Waals surface area contributed by atoms with Gasteiger partial charge in [0.2, 0.25) is 10.0 Å². The van der Waals surface area contributed by atoms with Crippen LogP contribution in [0.25, 0.3) is 0 Å². The maximum Gasteiger partial charge on any atom is 0.240 e. The monoisotopic (exact) mass is 240 g/mol. The molecule has 0 aliphatic heterocycles. The topological polar surface area (TPSA) is 72.2 Å². The molecular weight excluding hydrogens is 224 g/mol. The van der Waals surface area contributed by atoms with Gasteiger partial charge in [0.15, 0.2) is 0 Å². The molecule has 16 heavy (non-hydrogen) atoms. The van der Waals surface area contributed by atoms with Gasteiger partial charge in [-0.3, -0.25) is 0 Å². The van der Waals surface area contributed by atoms with Gasteiger partial charge in [0, 0.05) is 13.1 Å². The zero-order valence-electron chi connectivity index (χ0n) is 9.02. The summed E-state index contributed by atoms with van der Waals surface area (Å²) in [6, 6.07) is 6.75. The first kappa shape index (κ1) is 11.6. The third kappa shape index (κ3) is 2.81. The summed E-state index contributed by atoms with van der Waals surface area (Å²) in [7, 11) is -3.35. The second-order valence-corrected chi connectivity index (χ2v) is 5.91. The predicted molar refractivity (Wildman–Crippen MR) is 62.2 cm³/mol. The molecular formula is C11H16N2O2S. The van der Waals surface area contributed by atoms with Crippen molar-refractivity contribution in [2.45, 2.75) is 24.3 Å². The molecule has 0 radical (unpaired) electrons. The van der Waals surface area contributed by atoms with E-state index in [2.05, 4.69) is 4.72 Å². The van der Waals surface area contributed by atoms with Crippen LogP contribution < -0.4 is 10.5 Å². The Labute approximate surface area is 95.9 Å². The van der Waals surface area contributed by atoms with Crippen molar-refractivity contribution in [3.8, 4) is 0 Å². The van der Waals surface area contributed by atoms with E-state index in [4.69, 9.17) is 5.73 Å². The molecule has 0 spiro atoms. The van der Waals surface area contributed by atoms with Gasteiger partial charge >= 0.3 is 0 Å². The van der Waals surface area contributed by atoms with Gasteiger partial charge in [-0.15, -0.1) is 0 Å². The van der Waals surface area contributed by atoms with E-state index >= 15 is 0 Å². The van der Waals surface area contributed by atoms with Crippen LogP contribution in [-0.2, 0) is 16.6 Å². The van der Waals surface area contributed by atoms with Crippen LogP contribution in [0.5, 0.6) is 0 Å². The van der Waals surface area contributed by atoms with Crippen LogP contribution in [-0.4, -0.2) is 15.0 Å². The quantitative estimate of drug-likeness (QED) is 0.801. The lowest BCUT2D eigenvalue weighted by Gasteiger charge is -2.07. The smallest absolute Gasteiger partial charge is 0.240 e. The van der Waals surface area contributed by atoms with E-state index in [-0.39, 0.29) is 0 Å². The number of benzene rings is 1. The van der Waals surface area contributed by atoms with E-state index in [1.165, 1.54) is 0 Å². The molecule has 1 aliphatic carbocycles. The van der Waals surface area contributed by atoms with Crippen LogP contribution in [0.3, 0.4) is 0 Å². The van der Waals surface area contributed by atoms with Crippen LogP contribution in [0.4, 0.5) is 0 Å². The molecule has 1 aliphatic rings. The van der Waals surface area contributed by atoms with E-state index in [1.807, 2.05) is 6.07 Å². The highest BCUT2D eigenvalue weighted by Gasteiger charge is 2.24. The maximum atomic E-state index is 11.9. The van der Waals surface area contributed by atoms with Crippen molar-refractivity contribution in [3.05, 3.63) is 29.8 Å². The van der Waals surface area contributed by atoms with Gasteiger partial charge in [0.1, 0.15) is 0 Å². The lowest BCUT2D eigenvalue weighted by molar-refractivity contribution is 0.577. The van der Waals surface area contributed by atoms with Gasteiger partial charge in [-0.1, -0.05) is 12.1 Å². The predicted octanol–water partition coefficient (Wildman–Crippen LogP) is 0.834. The van der Waals surface area contributed by atoms with Gasteiger partial charge in [0.05, 0.1) is 4.90 Å². The highest BCUT2D eigenvalue weighted by molar-refractivity contribution is 7.89. The van der Waals surface area contributed by atoms with Crippen molar-refractivity contribution in [1.29, 1.82) is 0 Å². The molecule has 0 aromatic heterocycles. The Morgan fingerprint density at radius 3 is 2.75 bits per heavy atom. The van der Waals surface area contributed by atoms with Crippen molar-refractivity contribution in [1.82, 2.24) is 4.72 Å². The Balaban J connectivity index is 2.13. The molecule has 1 saturated carbocycles. The summed E-state index contributed by atoms with van der Waals surface area (Å²) in [6.45, 7) is 0.904. The zero-order valence-corrected chi connectivity index (χ0v) is 9.83. The molecule has 4 nitrogen and oxygen atoms in total. The Kier molecular flexibility index (Phi) is 3.28. The number of nitrogens with two attached hydrogens (primary N) is 1. The van der Waals surface area contributed by atoms with Crippen LogP contribution >= 0.6 is 0 Å². The molecule has 2 rings (SSSR count).